The van der Waals surface area contributed by atoms with Crippen LogP contribution in [0, 0.1) is 0 Å². The summed E-state index contributed by atoms with van der Waals surface area (Å²) in [6, 6.07) is 0. The van der Waals surface area contributed by atoms with Crippen LogP contribution in [0.2, 0.25) is 0 Å². The number of rotatable bonds is 8. The van der Waals surface area contributed by atoms with Crippen molar-refractivity contribution in [2.75, 3.05) is 6.54 Å². The number of hydrogen-bond donors (Lipinski definition) is 2. The average molecular weight is 184 g/mol. The lowest BCUT2D eigenvalue weighted by Crippen LogP contribution is -2.10. The second kappa shape index (κ2) is 9.43. The molecule has 2 heteroatoms. The minimum Gasteiger partial charge on any atom is -0.401 e. The zero-order chi connectivity index (χ0) is 9.94. The van der Waals surface area contributed by atoms with E-state index in [1.165, 1.54) is 25.7 Å². The largest absolute Gasteiger partial charge is 0.401 e. The lowest BCUT2D eigenvalue weighted by molar-refractivity contribution is 0.658. The molecule has 0 saturated heterocycles. The first-order valence-electron chi connectivity index (χ1n) is 5.49. The van der Waals surface area contributed by atoms with Gasteiger partial charge in [-0.25, -0.2) is 0 Å². The molecular weight excluding hydrogens is 160 g/mol. The molecule has 0 aromatic rings. The maximum absolute atomic E-state index is 5.80. The van der Waals surface area contributed by atoms with Crippen LogP contribution in [0.3, 0.4) is 0 Å². The third-order valence-corrected chi connectivity index (χ3v) is 2.00. The molecule has 0 aromatic heterocycles. The van der Waals surface area contributed by atoms with Crippen molar-refractivity contribution >= 4 is 0 Å². The van der Waals surface area contributed by atoms with Crippen LogP contribution in [0.4, 0.5) is 0 Å². The Hall–Kier alpha value is -0.660. The van der Waals surface area contributed by atoms with Crippen LogP contribution in [0.15, 0.2) is 11.9 Å². The van der Waals surface area contributed by atoms with Crippen LogP contribution in [0.25, 0.3) is 0 Å². The van der Waals surface area contributed by atoms with Gasteiger partial charge in [0.25, 0.3) is 0 Å². The van der Waals surface area contributed by atoms with Gasteiger partial charge in [-0.3, -0.25) is 0 Å². The van der Waals surface area contributed by atoms with E-state index in [-0.39, 0.29) is 0 Å². The van der Waals surface area contributed by atoms with Gasteiger partial charge in [0, 0.05) is 18.4 Å². The topological polar surface area (TPSA) is 38.0 Å². The van der Waals surface area contributed by atoms with Crippen LogP contribution in [0.5, 0.6) is 0 Å². The second-order valence-corrected chi connectivity index (χ2v) is 3.48. The first-order valence-corrected chi connectivity index (χ1v) is 5.49. The summed E-state index contributed by atoms with van der Waals surface area (Å²) < 4.78 is 0. The molecule has 2 nitrogen and oxygen atoms in total. The number of allylic oxidation sites excluding steroid dienone is 1. The van der Waals surface area contributed by atoms with Gasteiger partial charge in [0.15, 0.2) is 0 Å². The lowest BCUT2D eigenvalue weighted by Gasteiger charge is -2.02. The molecule has 0 spiro atoms. The van der Waals surface area contributed by atoms with E-state index < -0.39 is 0 Å². The Bertz CT molecular complexity index is 130. The molecule has 0 bridgehead atoms. The van der Waals surface area contributed by atoms with Gasteiger partial charge in [-0.2, -0.15) is 0 Å². The predicted octanol–water partition coefficient (Wildman–Crippen LogP) is 2.76. The summed E-state index contributed by atoms with van der Waals surface area (Å²) >= 11 is 0. The normalized spacial score (nSPS) is 11.7. The van der Waals surface area contributed by atoms with E-state index in [4.69, 9.17) is 5.73 Å². The van der Waals surface area contributed by atoms with E-state index in [1.807, 2.05) is 6.20 Å². The van der Waals surface area contributed by atoms with Crippen LogP contribution < -0.4 is 11.1 Å². The summed E-state index contributed by atoms with van der Waals surface area (Å²) in [5.41, 5.74) is 6.79. The highest BCUT2D eigenvalue weighted by Gasteiger charge is 1.90. The van der Waals surface area contributed by atoms with Gasteiger partial charge in [-0.05, 0) is 19.3 Å². The summed E-state index contributed by atoms with van der Waals surface area (Å²) in [7, 11) is 0. The van der Waals surface area contributed by atoms with Crippen molar-refractivity contribution in [3.05, 3.63) is 11.9 Å². The monoisotopic (exact) mass is 184 g/mol. The highest BCUT2D eigenvalue weighted by atomic mass is 14.8. The van der Waals surface area contributed by atoms with Gasteiger partial charge in [-0.15, -0.1) is 0 Å². The van der Waals surface area contributed by atoms with E-state index in [9.17, 15) is 0 Å². The molecule has 0 atom stereocenters. The summed E-state index contributed by atoms with van der Waals surface area (Å²) in [6.07, 6.45) is 9.29. The minimum atomic E-state index is 0.990. The SMILES string of the molecule is CCCCCC/C(N)=C/NCCC. The van der Waals surface area contributed by atoms with Crippen molar-refractivity contribution in [3.63, 3.8) is 0 Å². The predicted molar refractivity (Wildman–Crippen MR) is 59.3 cm³/mol. The smallest absolute Gasteiger partial charge is 0.0240 e. The molecule has 0 heterocycles. The molecular formula is C11H24N2. The number of hydrogen-bond acceptors (Lipinski definition) is 2. The zero-order valence-corrected chi connectivity index (χ0v) is 9.10. The Kier molecular flexibility index (Phi) is 8.95. The first-order chi connectivity index (χ1) is 6.31. The number of nitrogens with two attached hydrogens (primary N) is 1. The third-order valence-electron chi connectivity index (χ3n) is 2.00. The maximum atomic E-state index is 5.80. The van der Waals surface area contributed by atoms with Crippen molar-refractivity contribution < 1.29 is 0 Å². The van der Waals surface area contributed by atoms with Crippen molar-refractivity contribution in [1.29, 1.82) is 0 Å². The average Bonchev–Trinajstić information content (AvgIpc) is 2.13. The molecule has 13 heavy (non-hydrogen) atoms. The molecule has 0 amide bonds. The lowest BCUT2D eigenvalue weighted by atomic mass is 10.1. The fourth-order valence-corrected chi connectivity index (χ4v) is 1.18. The standard InChI is InChI=1S/C11H24N2/c1-3-5-6-7-8-11(12)10-13-9-4-2/h10,13H,3-9,12H2,1-2H3/b11-10-. The highest BCUT2D eigenvalue weighted by Crippen LogP contribution is 2.05. The molecule has 0 aliphatic heterocycles. The molecule has 0 radical (unpaired) electrons. The Balaban J connectivity index is 3.27. The quantitative estimate of drug-likeness (QED) is 0.569. The molecule has 0 rings (SSSR count). The molecule has 0 saturated carbocycles. The van der Waals surface area contributed by atoms with Crippen molar-refractivity contribution in [2.24, 2.45) is 5.73 Å². The fourth-order valence-electron chi connectivity index (χ4n) is 1.18. The van der Waals surface area contributed by atoms with Gasteiger partial charge >= 0.3 is 0 Å². The molecule has 0 aromatic carbocycles. The fraction of sp³-hybridized carbons (Fsp3) is 0.818. The molecule has 0 aliphatic carbocycles. The zero-order valence-electron chi connectivity index (χ0n) is 9.10. The minimum absolute atomic E-state index is 0.990. The second-order valence-electron chi connectivity index (χ2n) is 3.48. The van der Waals surface area contributed by atoms with Crippen molar-refractivity contribution in [1.82, 2.24) is 5.32 Å². The summed E-state index contributed by atoms with van der Waals surface area (Å²) in [6.45, 7) is 5.40. The van der Waals surface area contributed by atoms with Gasteiger partial charge in [-0.1, -0.05) is 33.1 Å². The molecule has 0 unspecified atom stereocenters. The van der Waals surface area contributed by atoms with E-state index in [1.54, 1.807) is 0 Å². The summed E-state index contributed by atoms with van der Waals surface area (Å²) in [5.74, 6) is 0. The molecule has 0 aliphatic rings. The number of nitrogens with one attached hydrogen (secondary N) is 1. The van der Waals surface area contributed by atoms with E-state index >= 15 is 0 Å². The van der Waals surface area contributed by atoms with Crippen LogP contribution in [-0.2, 0) is 0 Å². The van der Waals surface area contributed by atoms with Crippen LogP contribution >= 0.6 is 0 Å². The van der Waals surface area contributed by atoms with E-state index in [2.05, 4.69) is 19.2 Å². The van der Waals surface area contributed by atoms with Crippen LogP contribution in [-0.4, -0.2) is 6.54 Å². The van der Waals surface area contributed by atoms with Gasteiger partial charge in [0.05, 0.1) is 0 Å². The third kappa shape index (κ3) is 9.25. The Morgan fingerprint density at radius 1 is 1.15 bits per heavy atom. The van der Waals surface area contributed by atoms with Gasteiger partial charge in [0.1, 0.15) is 0 Å². The summed E-state index contributed by atoms with van der Waals surface area (Å²) in [5, 5.41) is 3.19. The van der Waals surface area contributed by atoms with E-state index in [0.29, 0.717) is 0 Å². The Morgan fingerprint density at radius 2 is 1.92 bits per heavy atom. The van der Waals surface area contributed by atoms with Crippen LogP contribution in [0.1, 0.15) is 52.4 Å². The Morgan fingerprint density at radius 3 is 2.54 bits per heavy atom. The molecule has 78 valence electrons. The van der Waals surface area contributed by atoms with Gasteiger partial charge in [0.2, 0.25) is 0 Å². The summed E-state index contributed by atoms with van der Waals surface area (Å²) in [4.78, 5) is 0. The molecule has 0 fully saturated rings. The highest BCUT2D eigenvalue weighted by molar-refractivity contribution is 4.94. The van der Waals surface area contributed by atoms with Crippen molar-refractivity contribution in [2.45, 2.75) is 52.4 Å². The van der Waals surface area contributed by atoms with Crippen molar-refractivity contribution in [3.8, 4) is 0 Å². The maximum Gasteiger partial charge on any atom is 0.0240 e. The Labute approximate surface area is 82.6 Å². The molecule has 3 N–H and O–H groups in total. The van der Waals surface area contributed by atoms with Gasteiger partial charge < -0.3 is 11.1 Å². The van der Waals surface area contributed by atoms with E-state index in [0.717, 1.165) is 25.1 Å². The number of unbranched alkanes of at least 4 members (excludes halogenated alkanes) is 3. The first kappa shape index (κ1) is 12.3.